The number of halogens is 1. The Balaban J connectivity index is 0.000000804. The smallest absolute Gasteiger partial charge is 0.308 e. The first-order chi connectivity index (χ1) is 16.2. The highest BCUT2D eigenvalue weighted by atomic mass is 35.5. The molecule has 0 saturated carbocycles. The van der Waals surface area contributed by atoms with Gasteiger partial charge in [0.05, 0.1) is 24.0 Å². The predicted molar refractivity (Wildman–Crippen MR) is 133 cm³/mol. The SMILES string of the molecule is C#CCN.Cc1c(CC(=O)O)sc2nc(C(=O)NCc3ccc4c(c3)NC(=O)CO4)[nH]c(=O)c12.Cl. The lowest BCUT2D eigenvalue weighted by atomic mass is 10.1. The maximum atomic E-state index is 12.5. The number of amides is 2. The molecule has 1 aliphatic rings. The number of benzene rings is 1. The zero-order valence-corrected chi connectivity index (χ0v) is 20.1. The van der Waals surface area contributed by atoms with E-state index < -0.39 is 17.4 Å². The molecule has 0 saturated heterocycles. The Hall–Kier alpha value is -3.92. The average Bonchev–Trinajstić information content (AvgIpc) is 3.12. The first-order valence-corrected chi connectivity index (χ1v) is 10.8. The highest BCUT2D eigenvalue weighted by Gasteiger charge is 2.19. The number of thiophene rings is 1. The normalized spacial score (nSPS) is 11.5. The summed E-state index contributed by atoms with van der Waals surface area (Å²) in [5.41, 5.74) is 6.08. The van der Waals surface area contributed by atoms with Crippen LogP contribution in [0.3, 0.4) is 0 Å². The van der Waals surface area contributed by atoms with Crippen LogP contribution in [0.25, 0.3) is 10.2 Å². The van der Waals surface area contributed by atoms with Crippen LogP contribution < -0.4 is 26.7 Å². The number of aliphatic carboxylic acids is 1. The number of hydrogen-bond donors (Lipinski definition) is 5. The lowest BCUT2D eigenvalue weighted by Gasteiger charge is -2.18. The van der Waals surface area contributed by atoms with Gasteiger partial charge in [0.15, 0.2) is 6.61 Å². The van der Waals surface area contributed by atoms with Gasteiger partial charge in [0, 0.05) is 11.4 Å². The van der Waals surface area contributed by atoms with Gasteiger partial charge in [-0.25, -0.2) is 4.98 Å². The van der Waals surface area contributed by atoms with Crippen molar-refractivity contribution < 1.29 is 24.2 Å². The largest absolute Gasteiger partial charge is 0.482 e. The Morgan fingerprint density at radius 1 is 1.37 bits per heavy atom. The van der Waals surface area contributed by atoms with Crippen LogP contribution in [0.1, 0.15) is 26.6 Å². The number of hydrogen-bond acceptors (Lipinski definition) is 8. The molecule has 2 aromatic heterocycles. The monoisotopic (exact) mass is 519 g/mol. The van der Waals surface area contributed by atoms with Crippen LogP contribution in [-0.2, 0) is 22.6 Å². The fourth-order valence-electron chi connectivity index (χ4n) is 3.11. The summed E-state index contributed by atoms with van der Waals surface area (Å²) in [7, 11) is 0. The average molecular weight is 520 g/mol. The summed E-state index contributed by atoms with van der Waals surface area (Å²) in [4.78, 5) is 54.8. The molecule has 0 unspecified atom stereocenters. The van der Waals surface area contributed by atoms with Crippen LogP contribution in [-0.4, -0.2) is 46.0 Å². The molecular weight excluding hydrogens is 498 g/mol. The topological polar surface area (TPSA) is 176 Å². The van der Waals surface area contributed by atoms with E-state index in [0.29, 0.717) is 44.2 Å². The first kappa shape index (κ1) is 27.3. The second-order valence-corrected chi connectivity index (χ2v) is 8.16. The molecule has 1 aliphatic heterocycles. The van der Waals surface area contributed by atoms with Gasteiger partial charge in [-0.1, -0.05) is 12.0 Å². The number of anilines is 1. The Kier molecular flexibility index (Phi) is 9.35. The molecule has 13 heteroatoms. The number of terminal acetylenes is 1. The molecule has 2 amide bonds. The standard InChI is InChI=1S/C19H16N4O6S.C3H5N.ClH/c1-8-12(5-14(25)26)30-19-15(8)17(27)22-16(23-19)18(28)20-6-9-2-3-11-10(4-9)21-13(24)7-29-11;1-2-3-4;/h2-4H,5-7H2,1H3,(H,20,28)(H,21,24)(H,25,26)(H,22,23,27);1H,3-4H2;1H. The molecular formula is C22H22ClN5O6S. The summed E-state index contributed by atoms with van der Waals surface area (Å²) in [6.45, 7) is 2.10. The molecule has 0 atom stereocenters. The van der Waals surface area contributed by atoms with Crippen LogP contribution in [0.5, 0.6) is 5.75 Å². The summed E-state index contributed by atoms with van der Waals surface area (Å²) < 4.78 is 5.29. The molecule has 0 radical (unpaired) electrons. The van der Waals surface area contributed by atoms with Crippen molar-refractivity contribution in [2.24, 2.45) is 5.73 Å². The summed E-state index contributed by atoms with van der Waals surface area (Å²) in [6, 6.07) is 5.13. The van der Waals surface area contributed by atoms with Gasteiger partial charge in [0.2, 0.25) is 5.82 Å². The molecule has 0 spiro atoms. The van der Waals surface area contributed by atoms with Crippen molar-refractivity contribution >= 4 is 57.4 Å². The number of rotatable bonds is 5. The van der Waals surface area contributed by atoms with Crippen LogP contribution in [0.4, 0.5) is 5.69 Å². The maximum absolute atomic E-state index is 12.5. The second-order valence-electron chi connectivity index (χ2n) is 7.07. The number of carboxylic acid groups (broad SMARTS) is 1. The van der Waals surface area contributed by atoms with Gasteiger partial charge in [-0.2, -0.15) is 0 Å². The second kappa shape index (κ2) is 12.0. The zero-order chi connectivity index (χ0) is 24.8. The van der Waals surface area contributed by atoms with Crippen molar-refractivity contribution in [1.29, 1.82) is 0 Å². The number of aromatic nitrogens is 2. The molecule has 1 aromatic carbocycles. The van der Waals surface area contributed by atoms with E-state index >= 15 is 0 Å². The molecule has 0 fully saturated rings. The number of aryl methyl sites for hydroxylation is 1. The molecule has 11 nitrogen and oxygen atoms in total. The summed E-state index contributed by atoms with van der Waals surface area (Å²) in [6.07, 6.45) is 4.44. The number of nitrogens with zero attached hydrogens (tertiary/aromatic N) is 1. The van der Waals surface area contributed by atoms with Crippen molar-refractivity contribution in [3.05, 3.63) is 50.4 Å². The van der Waals surface area contributed by atoms with E-state index in [0.717, 1.165) is 11.3 Å². The number of ether oxygens (including phenoxy) is 1. The van der Waals surface area contributed by atoms with Gasteiger partial charge in [-0.15, -0.1) is 30.2 Å². The number of H-pyrrole nitrogens is 1. The van der Waals surface area contributed by atoms with Crippen molar-refractivity contribution in [3.63, 3.8) is 0 Å². The third kappa shape index (κ3) is 6.57. The van der Waals surface area contributed by atoms with Gasteiger partial charge < -0.3 is 31.2 Å². The number of carboxylic acids is 1. The summed E-state index contributed by atoms with van der Waals surface area (Å²) in [5.74, 6) is 0.743. The minimum absolute atomic E-state index is 0. The Labute approximate surface area is 209 Å². The Morgan fingerprint density at radius 3 is 2.74 bits per heavy atom. The van der Waals surface area contributed by atoms with Crippen molar-refractivity contribution in [2.75, 3.05) is 18.5 Å². The number of carbonyl (C=O) groups is 3. The summed E-state index contributed by atoms with van der Waals surface area (Å²) in [5, 5.41) is 14.6. The molecule has 4 rings (SSSR count). The molecule has 184 valence electrons. The van der Waals surface area contributed by atoms with E-state index in [1.807, 2.05) is 0 Å². The number of nitrogens with two attached hydrogens (primary N) is 1. The van der Waals surface area contributed by atoms with Crippen LogP contribution >= 0.6 is 23.7 Å². The number of nitrogens with one attached hydrogen (secondary N) is 3. The van der Waals surface area contributed by atoms with Crippen molar-refractivity contribution in [2.45, 2.75) is 19.9 Å². The Morgan fingerprint density at radius 2 is 2.09 bits per heavy atom. The van der Waals surface area contributed by atoms with Crippen LogP contribution in [0, 0.1) is 19.3 Å². The molecule has 3 aromatic rings. The lowest BCUT2D eigenvalue weighted by Crippen LogP contribution is -2.28. The Bertz CT molecular complexity index is 1380. The van der Waals surface area contributed by atoms with E-state index in [2.05, 4.69) is 32.9 Å². The number of aromatic amines is 1. The molecule has 0 bridgehead atoms. The highest BCUT2D eigenvalue weighted by Crippen LogP contribution is 2.29. The van der Waals surface area contributed by atoms with E-state index in [9.17, 15) is 19.2 Å². The predicted octanol–water partition coefficient (Wildman–Crippen LogP) is 1.18. The maximum Gasteiger partial charge on any atom is 0.308 e. The zero-order valence-electron chi connectivity index (χ0n) is 18.5. The molecule has 3 heterocycles. The van der Waals surface area contributed by atoms with Gasteiger partial charge in [-0.05, 0) is 30.2 Å². The minimum Gasteiger partial charge on any atom is -0.482 e. The third-order valence-electron chi connectivity index (χ3n) is 4.67. The third-order valence-corrected chi connectivity index (χ3v) is 5.86. The van der Waals surface area contributed by atoms with Gasteiger partial charge >= 0.3 is 5.97 Å². The van der Waals surface area contributed by atoms with Gasteiger partial charge in [0.25, 0.3) is 17.4 Å². The molecule has 6 N–H and O–H groups in total. The van der Waals surface area contributed by atoms with Crippen molar-refractivity contribution in [3.8, 4) is 18.1 Å². The number of fused-ring (bicyclic) bond motifs is 2. The quantitative estimate of drug-likeness (QED) is 0.312. The first-order valence-electron chi connectivity index (χ1n) is 9.94. The highest BCUT2D eigenvalue weighted by molar-refractivity contribution is 7.18. The van der Waals surface area contributed by atoms with Gasteiger partial charge in [0.1, 0.15) is 10.6 Å². The fraction of sp³-hybridized carbons (Fsp3) is 0.227. The van der Waals surface area contributed by atoms with Crippen LogP contribution in [0.15, 0.2) is 23.0 Å². The van der Waals surface area contributed by atoms with E-state index in [-0.39, 0.29) is 43.7 Å². The van der Waals surface area contributed by atoms with Crippen LogP contribution in [0.2, 0.25) is 0 Å². The molecule has 0 aliphatic carbocycles. The van der Waals surface area contributed by atoms with Gasteiger partial charge in [-0.3, -0.25) is 19.2 Å². The van der Waals surface area contributed by atoms with E-state index in [4.69, 9.17) is 15.6 Å². The van der Waals surface area contributed by atoms with Crippen molar-refractivity contribution in [1.82, 2.24) is 15.3 Å². The lowest BCUT2D eigenvalue weighted by molar-refractivity contribution is -0.136. The summed E-state index contributed by atoms with van der Waals surface area (Å²) >= 11 is 1.08. The number of carbonyl (C=O) groups excluding carboxylic acids is 2. The minimum atomic E-state index is -1.01. The fourth-order valence-corrected chi connectivity index (χ4v) is 4.28. The van der Waals surface area contributed by atoms with E-state index in [1.54, 1.807) is 25.1 Å². The van der Waals surface area contributed by atoms with E-state index in [1.165, 1.54) is 0 Å². The molecule has 35 heavy (non-hydrogen) atoms.